The molecule has 1 aromatic carbocycles. The molecule has 1 aromatic heterocycles. The van der Waals surface area contributed by atoms with Crippen LogP contribution >= 0.6 is 0 Å². The molecule has 0 fully saturated rings. The molecule has 0 saturated heterocycles. The van der Waals surface area contributed by atoms with Crippen molar-refractivity contribution in [1.82, 2.24) is 15.8 Å². The van der Waals surface area contributed by atoms with Gasteiger partial charge in [0.25, 0.3) is 0 Å². The fourth-order valence-electron chi connectivity index (χ4n) is 2.69. The zero-order valence-electron chi connectivity index (χ0n) is 16.3. The lowest BCUT2D eigenvalue weighted by atomic mass is 10.1. The van der Waals surface area contributed by atoms with Crippen molar-refractivity contribution in [3.63, 3.8) is 0 Å². The van der Waals surface area contributed by atoms with E-state index in [4.69, 9.17) is 9.26 Å². The first-order valence-electron chi connectivity index (χ1n) is 9.28. The summed E-state index contributed by atoms with van der Waals surface area (Å²) in [5.41, 5.74) is 4.53. The molecule has 0 radical (unpaired) electrons. The Morgan fingerprint density at radius 3 is 2.35 bits per heavy atom. The van der Waals surface area contributed by atoms with Crippen LogP contribution in [0.25, 0.3) is 0 Å². The lowest BCUT2D eigenvalue weighted by Crippen LogP contribution is -2.36. The second kappa shape index (κ2) is 10.6. The smallest absolute Gasteiger partial charge is 0.191 e. The highest BCUT2D eigenvalue weighted by atomic mass is 16.5. The summed E-state index contributed by atoms with van der Waals surface area (Å²) in [7, 11) is 1.77. The highest BCUT2D eigenvalue weighted by Crippen LogP contribution is 2.15. The van der Waals surface area contributed by atoms with E-state index in [0.717, 1.165) is 42.4 Å². The average Bonchev–Trinajstić information content (AvgIpc) is 3.09. The Labute approximate surface area is 156 Å². The summed E-state index contributed by atoms with van der Waals surface area (Å²) in [6.07, 6.45) is 1.70. The normalized spacial score (nSPS) is 11.6. The minimum atomic E-state index is 0.656. The first kappa shape index (κ1) is 20.0. The predicted molar refractivity (Wildman–Crippen MR) is 104 cm³/mol. The van der Waals surface area contributed by atoms with Crippen LogP contribution in [0.3, 0.4) is 0 Å². The Hall–Kier alpha value is -2.34. The lowest BCUT2D eigenvalue weighted by molar-refractivity contribution is 0.134. The van der Waals surface area contributed by atoms with E-state index in [1.807, 2.05) is 6.92 Å². The summed E-state index contributed by atoms with van der Waals surface area (Å²) in [4.78, 5) is 4.30. The van der Waals surface area contributed by atoms with Crippen molar-refractivity contribution in [1.29, 1.82) is 0 Å². The average molecular weight is 358 g/mol. The summed E-state index contributed by atoms with van der Waals surface area (Å²) < 4.78 is 10.8. The van der Waals surface area contributed by atoms with Gasteiger partial charge in [0, 0.05) is 38.7 Å². The van der Waals surface area contributed by atoms with Crippen LogP contribution in [0.2, 0.25) is 0 Å². The van der Waals surface area contributed by atoms with Gasteiger partial charge >= 0.3 is 0 Å². The quantitative estimate of drug-likeness (QED) is 0.532. The molecule has 2 rings (SSSR count). The Balaban J connectivity index is 1.87. The van der Waals surface area contributed by atoms with E-state index in [1.165, 1.54) is 11.1 Å². The summed E-state index contributed by atoms with van der Waals surface area (Å²) in [5, 5.41) is 10.8. The SMILES string of the molecule is CCOCc1ccc(CNC(=NC)NCc2c(CC)noc2CC)cc1. The third-order valence-corrected chi connectivity index (χ3v) is 4.22. The third kappa shape index (κ3) is 5.59. The van der Waals surface area contributed by atoms with Gasteiger partial charge in [-0.05, 0) is 24.5 Å². The molecule has 26 heavy (non-hydrogen) atoms. The summed E-state index contributed by atoms with van der Waals surface area (Å²) in [6.45, 7) is 8.92. The molecule has 142 valence electrons. The van der Waals surface area contributed by atoms with Crippen LogP contribution in [-0.2, 0) is 37.3 Å². The Morgan fingerprint density at radius 2 is 1.73 bits per heavy atom. The van der Waals surface area contributed by atoms with Gasteiger partial charge in [-0.2, -0.15) is 0 Å². The Kier molecular flexibility index (Phi) is 8.15. The van der Waals surface area contributed by atoms with Gasteiger partial charge in [-0.1, -0.05) is 43.3 Å². The molecule has 0 amide bonds. The van der Waals surface area contributed by atoms with E-state index in [0.29, 0.717) is 19.7 Å². The van der Waals surface area contributed by atoms with Crippen molar-refractivity contribution in [3.05, 3.63) is 52.4 Å². The van der Waals surface area contributed by atoms with Crippen molar-refractivity contribution in [2.24, 2.45) is 4.99 Å². The number of aliphatic imine (C=N–C) groups is 1. The standard InChI is InChI=1S/C20H30N4O2/c1-5-18-17(19(6-2)26-24-18)13-23-20(21-4)22-12-15-8-10-16(11-9-15)14-25-7-3/h8-11H,5-7,12-14H2,1-4H3,(H2,21,22,23). The van der Waals surface area contributed by atoms with E-state index in [9.17, 15) is 0 Å². The number of hydrogen-bond donors (Lipinski definition) is 2. The van der Waals surface area contributed by atoms with Crippen LogP contribution in [0, 0.1) is 0 Å². The molecule has 0 aliphatic heterocycles. The Morgan fingerprint density at radius 1 is 1.04 bits per heavy atom. The fraction of sp³-hybridized carbons (Fsp3) is 0.500. The molecule has 6 heteroatoms. The van der Waals surface area contributed by atoms with Crippen molar-refractivity contribution >= 4 is 5.96 Å². The van der Waals surface area contributed by atoms with Crippen molar-refractivity contribution in [3.8, 4) is 0 Å². The molecular formula is C20H30N4O2. The molecule has 0 atom stereocenters. The van der Waals surface area contributed by atoms with Crippen LogP contribution < -0.4 is 10.6 Å². The number of ether oxygens (including phenoxy) is 1. The number of benzene rings is 1. The van der Waals surface area contributed by atoms with Gasteiger partial charge in [-0.3, -0.25) is 4.99 Å². The highest BCUT2D eigenvalue weighted by molar-refractivity contribution is 5.79. The number of aryl methyl sites for hydroxylation is 2. The molecule has 1 heterocycles. The van der Waals surface area contributed by atoms with Crippen LogP contribution in [0.5, 0.6) is 0 Å². The number of aromatic nitrogens is 1. The van der Waals surface area contributed by atoms with Crippen molar-refractivity contribution < 1.29 is 9.26 Å². The molecule has 6 nitrogen and oxygen atoms in total. The lowest BCUT2D eigenvalue weighted by Gasteiger charge is -2.12. The first-order valence-corrected chi connectivity index (χ1v) is 9.28. The molecule has 0 saturated carbocycles. The minimum absolute atomic E-state index is 0.656. The van der Waals surface area contributed by atoms with Gasteiger partial charge in [0.05, 0.1) is 12.3 Å². The largest absolute Gasteiger partial charge is 0.377 e. The zero-order chi connectivity index (χ0) is 18.8. The van der Waals surface area contributed by atoms with E-state index in [2.05, 4.69) is 58.9 Å². The van der Waals surface area contributed by atoms with Crippen molar-refractivity contribution in [2.45, 2.75) is 53.3 Å². The van der Waals surface area contributed by atoms with Gasteiger partial charge in [-0.15, -0.1) is 0 Å². The van der Waals surface area contributed by atoms with E-state index in [1.54, 1.807) is 7.05 Å². The van der Waals surface area contributed by atoms with Gasteiger partial charge in [0.1, 0.15) is 5.76 Å². The number of nitrogens with zero attached hydrogens (tertiary/aromatic N) is 2. The van der Waals surface area contributed by atoms with E-state index >= 15 is 0 Å². The van der Waals surface area contributed by atoms with Gasteiger partial charge in [-0.25, -0.2) is 0 Å². The van der Waals surface area contributed by atoms with E-state index in [-0.39, 0.29) is 0 Å². The van der Waals surface area contributed by atoms with Gasteiger partial charge in [0.15, 0.2) is 5.96 Å². The summed E-state index contributed by atoms with van der Waals surface area (Å²) in [5.74, 6) is 1.70. The maximum absolute atomic E-state index is 5.42. The first-order chi connectivity index (χ1) is 12.7. The molecular weight excluding hydrogens is 328 g/mol. The second-order valence-corrected chi connectivity index (χ2v) is 5.97. The number of guanidine groups is 1. The highest BCUT2D eigenvalue weighted by Gasteiger charge is 2.13. The molecule has 2 aromatic rings. The number of nitrogens with one attached hydrogen (secondary N) is 2. The van der Waals surface area contributed by atoms with Crippen LogP contribution in [0.4, 0.5) is 0 Å². The van der Waals surface area contributed by atoms with Crippen LogP contribution in [-0.4, -0.2) is 24.8 Å². The number of hydrogen-bond acceptors (Lipinski definition) is 4. The second-order valence-electron chi connectivity index (χ2n) is 5.97. The van der Waals surface area contributed by atoms with Crippen LogP contribution in [0.1, 0.15) is 48.9 Å². The topological polar surface area (TPSA) is 71.7 Å². The Bertz CT molecular complexity index is 671. The molecule has 0 aliphatic rings. The molecule has 0 unspecified atom stereocenters. The van der Waals surface area contributed by atoms with Gasteiger partial charge < -0.3 is 19.9 Å². The fourth-order valence-corrected chi connectivity index (χ4v) is 2.69. The third-order valence-electron chi connectivity index (χ3n) is 4.22. The molecule has 0 aliphatic carbocycles. The monoisotopic (exact) mass is 358 g/mol. The maximum Gasteiger partial charge on any atom is 0.191 e. The summed E-state index contributed by atoms with van der Waals surface area (Å²) in [6, 6.07) is 8.42. The molecule has 2 N–H and O–H groups in total. The summed E-state index contributed by atoms with van der Waals surface area (Å²) >= 11 is 0. The van der Waals surface area contributed by atoms with Crippen molar-refractivity contribution in [2.75, 3.05) is 13.7 Å². The van der Waals surface area contributed by atoms with Crippen LogP contribution in [0.15, 0.2) is 33.8 Å². The minimum Gasteiger partial charge on any atom is -0.377 e. The van der Waals surface area contributed by atoms with Gasteiger partial charge in [0.2, 0.25) is 0 Å². The maximum atomic E-state index is 5.42. The molecule has 0 spiro atoms. The predicted octanol–water partition coefficient (Wildman–Crippen LogP) is 3.20. The zero-order valence-corrected chi connectivity index (χ0v) is 16.3. The molecule has 0 bridgehead atoms. The number of rotatable bonds is 9. The van der Waals surface area contributed by atoms with E-state index < -0.39 is 0 Å².